The van der Waals surface area contributed by atoms with Crippen LogP contribution in [0.5, 0.6) is 0 Å². The zero-order valence-electron chi connectivity index (χ0n) is 10.8. The Hall–Kier alpha value is -1.69. The third kappa shape index (κ3) is 2.28. The first-order valence-corrected chi connectivity index (χ1v) is 6.64. The zero-order chi connectivity index (χ0) is 13.6. The number of amides is 1. The topological polar surface area (TPSA) is 86.3 Å². The molecule has 1 atom stereocenters. The fraction of sp³-hybridized carbons (Fsp3) is 0.615. The molecule has 1 aromatic rings. The Morgan fingerprint density at radius 3 is 2.68 bits per heavy atom. The standard InChI is InChI=1S/C13H17N3O3/c1-7-10(13(19)16-5-4-9(17)6-16)12(18)15-11(14-7)8-2-3-8/h8-9,17H,2-6H2,1H3,(H,14,15,18)/t9-/m0/s1. The maximum Gasteiger partial charge on any atom is 0.264 e. The number of aromatic nitrogens is 2. The zero-order valence-corrected chi connectivity index (χ0v) is 10.8. The van der Waals surface area contributed by atoms with Crippen LogP contribution < -0.4 is 5.56 Å². The van der Waals surface area contributed by atoms with Crippen LogP contribution >= 0.6 is 0 Å². The molecule has 2 N–H and O–H groups in total. The molecular weight excluding hydrogens is 246 g/mol. The lowest BCUT2D eigenvalue weighted by Gasteiger charge is -2.16. The minimum Gasteiger partial charge on any atom is -0.391 e. The third-order valence-electron chi connectivity index (χ3n) is 3.75. The maximum absolute atomic E-state index is 12.3. The molecule has 6 nitrogen and oxygen atoms in total. The van der Waals surface area contributed by atoms with E-state index in [1.54, 1.807) is 6.92 Å². The summed E-state index contributed by atoms with van der Waals surface area (Å²) in [6.07, 6.45) is 2.18. The van der Waals surface area contributed by atoms with E-state index in [-0.39, 0.29) is 17.0 Å². The molecule has 6 heteroatoms. The van der Waals surface area contributed by atoms with E-state index in [9.17, 15) is 14.7 Å². The van der Waals surface area contributed by atoms with Crippen molar-refractivity contribution >= 4 is 5.91 Å². The molecule has 1 saturated heterocycles. The summed E-state index contributed by atoms with van der Waals surface area (Å²) < 4.78 is 0. The summed E-state index contributed by atoms with van der Waals surface area (Å²) in [6, 6.07) is 0. The summed E-state index contributed by atoms with van der Waals surface area (Å²) in [5.74, 6) is 0.717. The van der Waals surface area contributed by atoms with Crippen molar-refractivity contribution < 1.29 is 9.90 Å². The van der Waals surface area contributed by atoms with E-state index in [4.69, 9.17) is 0 Å². The number of nitrogens with one attached hydrogen (secondary N) is 1. The Morgan fingerprint density at radius 1 is 1.42 bits per heavy atom. The minimum atomic E-state index is -0.484. The number of hydrogen-bond acceptors (Lipinski definition) is 4. The summed E-state index contributed by atoms with van der Waals surface area (Å²) in [5.41, 5.74) is 0.233. The van der Waals surface area contributed by atoms with Crippen LogP contribution in [0.25, 0.3) is 0 Å². The van der Waals surface area contributed by atoms with Crippen molar-refractivity contribution in [2.75, 3.05) is 13.1 Å². The van der Waals surface area contributed by atoms with Crippen LogP contribution in [0.2, 0.25) is 0 Å². The molecule has 1 aromatic heterocycles. The number of hydrogen-bond donors (Lipinski definition) is 2. The summed E-state index contributed by atoms with van der Waals surface area (Å²) in [4.78, 5) is 32.9. The van der Waals surface area contributed by atoms with E-state index in [2.05, 4.69) is 9.97 Å². The number of β-amino-alcohol motifs (C(OH)–C–C–N with tert-alkyl or cyclic N) is 1. The first-order valence-electron chi connectivity index (χ1n) is 6.64. The quantitative estimate of drug-likeness (QED) is 0.796. The molecule has 0 unspecified atom stereocenters. The molecule has 1 saturated carbocycles. The number of carbonyl (C=O) groups excluding carboxylic acids is 1. The molecule has 19 heavy (non-hydrogen) atoms. The number of rotatable bonds is 2. The lowest BCUT2D eigenvalue weighted by atomic mass is 10.2. The molecule has 2 aliphatic rings. The van der Waals surface area contributed by atoms with Gasteiger partial charge < -0.3 is 15.0 Å². The highest BCUT2D eigenvalue weighted by Gasteiger charge is 2.31. The summed E-state index contributed by atoms with van der Waals surface area (Å²) >= 11 is 0. The Bertz CT molecular complexity index is 577. The molecule has 1 aliphatic carbocycles. The second-order valence-corrected chi connectivity index (χ2v) is 5.38. The number of nitrogens with zero attached hydrogens (tertiary/aromatic N) is 2. The van der Waals surface area contributed by atoms with Gasteiger partial charge in [0, 0.05) is 19.0 Å². The van der Waals surface area contributed by atoms with Crippen LogP contribution in [0, 0.1) is 6.92 Å². The number of H-pyrrole nitrogens is 1. The van der Waals surface area contributed by atoms with Gasteiger partial charge >= 0.3 is 0 Å². The van der Waals surface area contributed by atoms with Crippen LogP contribution in [-0.4, -0.2) is 45.1 Å². The van der Waals surface area contributed by atoms with Crippen molar-refractivity contribution in [1.29, 1.82) is 0 Å². The van der Waals surface area contributed by atoms with Gasteiger partial charge in [0.25, 0.3) is 11.5 Å². The van der Waals surface area contributed by atoms with Crippen molar-refractivity contribution in [2.45, 2.75) is 38.2 Å². The van der Waals surface area contributed by atoms with E-state index in [1.807, 2.05) is 0 Å². The fourth-order valence-electron chi connectivity index (χ4n) is 2.49. The van der Waals surface area contributed by atoms with Crippen molar-refractivity contribution in [3.63, 3.8) is 0 Å². The smallest absolute Gasteiger partial charge is 0.264 e. The molecular formula is C13H17N3O3. The molecule has 0 aromatic carbocycles. The van der Waals surface area contributed by atoms with Crippen molar-refractivity contribution in [2.24, 2.45) is 0 Å². The Labute approximate surface area is 110 Å². The average Bonchev–Trinajstić information content (AvgIpc) is 3.11. The third-order valence-corrected chi connectivity index (χ3v) is 3.75. The van der Waals surface area contributed by atoms with Crippen LogP contribution in [0.1, 0.15) is 47.1 Å². The SMILES string of the molecule is Cc1nc(C2CC2)[nH]c(=O)c1C(=O)N1CC[C@H](O)C1. The predicted molar refractivity (Wildman–Crippen MR) is 68.1 cm³/mol. The summed E-state index contributed by atoms with van der Waals surface area (Å²) in [7, 11) is 0. The van der Waals surface area contributed by atoms with Gasteiger partial charge in [0.15, 0.2) is 0 Å². The largest absolute Gasteiger partial charge is 0.391 e. The molecule has 0 spiro atoms. The molecule has 2 heterocycles. The normalized spacial score (nSPS) is 22.8. The number of aryl methyl sites for hydroxylation is 1. The van der Waals surface area contributed by atoms with E-state index in [1.165, 1.54) is 4.90 Å². The van der Waals surface area contributed by atoms with E-state index >= 15 is 0 Å². The highest BCUT2D eigenvalue weighted by atomic mass is 16.3. The lowest BCUT2D eigenvalue weighted by molar-refractivity contribution is 0.0762. The molecule has 2 fully saturated rings. The Balaban J connectivity index is 1.91. The molecule has 1 aliphatic heterocycles. The van der Waals surface area contributed by atoms with Crippen molar-refractivity contribution in [1.82, 2.24) is 14.9 Å². The molecule has 102 valence electrons. The molecule has 3 rings (SSSR count). The summed E-state index contributed by atoms with van der Waals surface area (Å²) in [5, 5.41) is 9.46. The Kier molecular flexibility index (Phi) is 2.89. The highest BCUT2D eigenvalue weighted by Crippen LogP contribution is 2.37. The number of aliphatic hydroxyl groups is 1. The van der Waals surface area contributed by atoms with Gasteiger partial charge in [0.05, 0.1) is 11.8 Å². The van der Waals surface area contributed by atoms with E-state index in [0.29, 0.717) is 36.9 Å². The monoisotopic (exact) mass is 263 g/mol. The average molecular weight is 263 g/mol. The molecule has 1 amide bonds. The van der Waals surface area contributed by atoms with Crippen LogP contribution in [0.3, 0.4) is 0 Å². The molecule has 0 bridgehead atoms. The van der Waals surface area contributed by atoms with Crippen molar-refractivity contribution in [3.05, 3.63) is 27.4 Å². The lowest BCUT2D eigenvalue weighted by Crippen LogP contribution is -2.35. The first kappa shape index (κ1) is 12.3. The van der Waals surface area contributed by atoms with Gasteiger partial charge in [-0.3, -0.25) is 9.59 Å². The second kappa shape index (κ2) is 4.45. The number of likely N-dealkylation sites (tertiary alicyclic amines) is 1. The number of aromatic amines is 1. The number of aliphatic hydroxyl groups excluding tert-OH is 1. The molecule has 0 radical (unpaired) electrons. The maximum atomic E-state index is 12.3. The van der Waals surface area contributed by atoms with Gasteiger partial charge in [0.1, 0.15) is 11.4 Å². The summed E-state index contributed by atoms with van der Waals surface area (Å²) in [6.45, 7) is 2.48. The first-order chi connectivity index (χ1) is 9.06. The van der Waals surface area contributed by atoms with Gasteiger partial charge in [-0.1, -0.05) is 0 Å². The van der Waals surface area contributed by atoms with Crippen LogP contribution in [-0.2, 0) is 0 Å². The van der Waals surface area contributed by atoms with Gasteiger partial charge in [-0.25, -0.2) is 4.98 Å². The number of carbonyl (C=O) groups is 1. The van der Waals surface area contributed by atoms with E-state index in [0.717, 1.165) is 12.8 Å². The fourth-order valence-corrected chi connectivity index (χ4v) is 2.49. The van der Waals surface area contributed by atoms with Crippen LogP contribution in [0.4, 0.5) is 0 Å². The van der Waals surface area contributed by atoms with Crippen LogP contribution in [0.15, 0.2) is 4.79 Å². The van der Waals surface area contributed by atoms with Gasteiger partial charge in [-0.2, -0.15) is 0 Å². The Morgan fingerprint density at radius 2 is 2.16 bits per heavy atom. The van der Waals surface area contributed by atoms with Gasteiger partial charge in [-0.15, -0.1) is 0 Å². The van der Waals surface area contributed by atoms with Crippen molar-refractivity contribution in [3.8, 4) is 0 Å². The minimum absolute atomic E-state index is 0.110. The predicted octanol–water partition coefficient (Wildman–Crippen LogP) is 0.163. The van der Waals surface area contributed by atoms with Gasteiger partial charge in [-0.05, 0) is 26.2 Å². The highest BCUT2D eigenvalue weighted by molar-refractivity contribution is 5.95. The van der Waals surface area contributed by atoms with E-state index < -0.39 is 6.10 Å². The second-order valence-electron chi connectivity index (χ2n) is 5.38. The van der Waals surface area contributed by atoms with Gasteiger partial charge in [0.2, 0.25) is 0 Å².